The van der Waals surface area contributed by atoms with Crippen molar-refractivity contribution in [3.63, 3.8) is 0 Å². The molecule has 0 saturated carbocycles. The maximum absolute atomic E-state index is 12.7. The van der Waals surface area contributed by atoms with Crippen molar-refractivity contribution in [2.75, 3.05) is 28.6 Å². The van der Waals surface area contributed by atoms with Gasteiger partial charge in [-0.15, -0.1) is 0 Å². The Morgan fingerprint density at radius 1 is 0.885 bits per heavy atom. The molecule has 2 N–H and O–H groups in total. The van der Waals surface area contributed by atoms with Crippen molar-refractivity contribution in [2.24, 2.45) is 0 Å². The molecule has 0 radical (unpaired) electrons. The van der Waals surface area contributed by atoms with Crippen LogP contribution in [0.1, 0.15) is 12.8 Å². The average Bonchev–Trinajstić information content (AvgIpc) is 2.69. The second kappa shape index (κ2) is 5.73. The standard InChI is InChI=1S/C21H20N4O/c26-20-21(24-18-8-4-3-7-17(18)23-20)11-13-25(14-12-21)19-10-9-15-5-1-2-6-16(15)22-19/h1-10,24H,11-14H2,(H,23,26). The Hall–Kier alpha value is -3.08. The van der Waals surface area contributed by atoms with Gasteiger partial charge in [-0.1, -0.05) is 30.3 Å². The van der Waals surface area contributed by atoms with Gasteiger partial charge in [0, 0.05) is 18.5 Å². The highest BCUT2D eigenvalue weighted by Crippen LogP contribution is 2.37. The normalized spacial score (nSPS) is 18.3. The SMILES string of the molecule is O=C1Nc2ccccc2NC12CCN(c1ccc3ccccc3n1)CC2. The minimum atomic E-state index is -0.526. The minimum Gasteiger partial charge on any atom is -0.369 e. The van der Waals surface area contributed by atoms with Crippen LogP contribution in [-0.4, -0.2) is 29.5 Å². The maximum Gasteiger partial charge on any atom is 0.250 e. The van der Waals surface area contributed by atoms with E-state index in [0.717, 1.165) is 54.0 Å². The van der Waals surface area contributed by atoms with Crippen LogP contribution < -0.4 is 15.5 Å². The lowest BCUT2D eigenvalue weighted by molar-refractivity contribution is -0.121. The highest BCUT2D eigenvalue weighted by atomic mass is 16.2. The summed E-state index contributed by atoms with van der Waals surface area (Å²) in [6.45, 7) is 1.60. The van der Waals surface area contributed by atoms with Gasteiger partial charge in [-0.2, -0.15) is 0 Å². The van der Waals surface area contributed by atoms with Gasteiger partial charge in [-0.05, 0) is 43.2 Å². The highest BCUT2D eigenvalue weighted by Gasteiger charge is 2.44. The van der Waals surface area contributed by atoms with Gasteiger partial charge < -0.3 is 15.5 Å². The molecule has 0 unspecified atom stereocenters. The molecule has 5 rings (SSSR count). The summed E-state index contributed by atoms with van der Waals surface area (Å²) in [6, 6.07) is 20.2. The third kappa shape index (κ3) is 2.39. The number of anilines is 3. The van der Waals surface area contributed by atoms with E-state index in [0.29, 0.717) is 0 Å². The maximum atomic E-state index is 12.7. The quantitative estimate of drug-likeness (QED) is 0.708. The summed E-state index contributed by atoms with van der Waals surface area (Å²) in [4.78, 5) is 19.8. The fourth-order valence-electron chi connectivity index (χ4n) is 3.96. The predicted octanol–water partition coefficient (Wildman–Crippen LogP) is 3.64. The van der Waals surface area contributed by atoms with Crippen molar-refractivity contribution in [2.45, 2.75) is 18.4 Å². The molecule has 1 fully saturated rings. The molecular formula is C21H20N4O. The number of nitrogens with zero attached hydrogens (tertiary/aromatic N) is 2. The van der Waals surface area contributed by atoms with Crippen molar-refractivity contribution < 1.29 is 4.79 Å². The topological polar surface area (TPSA) is 57.3 Å². The number of piperidine rings is 1. The molecule has 1 amide bonds. The molecule has 3 aromatic rings. The van der Waals surface area contributed by atoms with E-state index in [-0.39, 0.29) is 5.91 Å². The molecule has 2 aromatic carbocycles. The molecule has 0 aliphatic carbocycles. The van der Waals surface area contributed by atoms with Gasteiger partial charge in [0.25, 0.3) is 0 Å². The average molecular weight is 344 g/mol. The molecule has 0 atom stereocenters. The zero-order chi connectivity index (χ0) is 17.6. The number of para-hydroxylation sites is 3. The van der Waals surface area contributed by atoms with Crippen molar-refractivity contribution >= 4 is 34.0 Å². The molecule has 2 aliphatic rings. The van der Waals surface area contributed by atoms with Gasteiger partial charge in [0.05, 0.1) is 16.9 Å². The third-order valence-electron chi connectivity index (χ3n) is 5.51. The summed E-state index contributed by atoms with van der Waals surface area (Å²) in [5.41, 5.74) is 2.35. The molecule has 26 heavy (non-hydrogen) atoms. The molecule has 1 aromatic heterocycles. The van der Waals surface area contributed by atoms with Crippen LogP contribution in [0.15, 0.2) is 60.7 Å². The van der Waals surface area contributed by atoms with Crippen molar-refractivity contribution in [1.29, 1.82) is 0 Å². The summed E-state index contributed by atoms with van der Waals surface area (Å²) >= 11 is 0. The number of fused-ring (bicyclic) bond motifs is 2. The van der Waals surface area contributed by atoms with Crippen LogP contribution >= 0.6 is 0 Å². The number of pyridine rings is 1. The highest BCUT2D eigenvalue weighted by molar-refractivity contribution is 6.06. The van der Waals surface area contributed by atoms with Crippen LogP contribution in [0.3, 0.4) is 0 Å². The summed E-state index contributed by atoms with van der Waals surface area (Å²) in [5.74, 6) is 1.05. The number of hydrogen-bond acceptors (Lipinski definition) is 4. The number of rotatable bonds is 1. The molecular weight excluding hydrogens is 324 g/mol. The molecule has 5 heteroatoms. The Morgan fingerprint density at radius 2 is 1.62 bits per heavy atom. The minimum absolute atomic E-state index is 0.0716. The molecule has 130 valence electrons. The Bertz CT molecular complexity index is 992. The van der Waals surface area contributed by atoms with Crippen LogP contribution in [0.5, 0.6) is 0 Å². The van der Waals surface area contributed by atoms with Gasteiger partial charge in [0.2, 0.25) is 5.91 Å². The van der Waals surface area contributed by atoms with Crippen LogP contribution in [0, 0.1) is 0 Å². The van der Waals surface area contributed by atoms with E-state index in [1.807, 2.05) is 42.5 Å². The zero-order valence-corrected chi connectivity index (χ0v) is 14.4. The number of amides is 1. The van der Waals surface area contributed by atoms with Crippen LogP contribution in [0.4, 0.5) is 17.2 Å². The van der Waals surface area contributed by atoms with E-state index < -0.39 is 5.54 Å². The fourth-order valence-corrected chi connectivity index (χ4v) is 3.96. The summed E-state index contributed by atoms with van der Waals surface area (Å²) in [7, 11) is 0. The Balaban J connectivity index is 1.38. The molecule has 2 aliphatic heterocycles. The van der Waals surface area contributed by atoms with Crippen molar-refractivity contribution in [3.8, 4) is 0 Å². The van der Waals surface area contributed by atoms with Crippen LogP contribution in [-0.2, 0) is 4.79 Å². The first kappa shape index (κ1) is 15.2. The van der Waals surface area contributed by atoms with E-state index >= 15 is 0 Å². The zero-order valence-electron chi connectivity index (χ0n) is 14.4. The van der Waals surface area contributed by atoms with Gasteiger partial charge >= 0.3 is 0 Å². The second-order valence-corrected chi connectivity index (χ2v) is 7.06. The van der Waals surface area contributed by atoms with Gasteiger partial charge in [0.15, 0.2) is 0 Å². The molecule has 1 spiro atoms. The lowest BCUT2D eigenvalue weighted by Gasteiger charge is -2.44. The van der Waals surface area contributed by atoms with E-state index in [1.165, 1.54) is 0 Å². The fraction of sp³-hybridized carbons (Fsp3) is 0.238. The summed E-state index contributed by atoms with van der Waals surface area (Å²) in [5, 5.41) is 7.72. The van der Waals surface area contributed by atoms with Crippen LogP contribution in [0.2, 0.25) is 0 Å². The molecule has 1 saturated heterocycles. The Kier molecular flexibility index (Phi) is 3.35. The number of hydrogen-bond donors (Lipinski definition) is 2. The van der Waals surface area contributed by atoms with Crippen molar-refractivity contribution in [1.82, 2.24) is 4.98 Å². The Labute approximate surface area is 152 Å². The lowest BCUT2D eigenvalue weighted by Crippen LogP contribution is -2.58. The molecule has 3 heterocycles. The van der Waals surface area contributed by atoms with E-state index in [1.54, 1.807) is 0 Å². The van der Waals surface area contributed by atoms with Crippen molar-refractivity contribution in [3.05, 3.63) is 60.7 Å². The molecule has 0 bridgehead atoms. The number of aromatic nitrogens is 1. The number of carbonyl (C=O) groups excluding carboxylic acids is 1. The van der Waals surface area contributed by atoms with Gasteiger partial charge in [0.1, 0.15) is 11.4 Å². The van der Waals surface area contributed by atoms with E-state index in [4.69, 9.17) is 4.98 Å². The monoisotopic (exact) mass is 344 g/mol. The number of carbonyl (C=O) groups is 1. The lowest BCUT2D eigenvalue weighted by atomic mass is 9.84. The first-order chi connectivity index (χ1) is 12.7. The first-order valence-electron chi connectivity index (χ1n) is 9.03. The number of nitrogens with one attached hydrogen (secondary N) is 2. The van der Waals surface area contributed by atoms with Gasteiger partial charge in [-0.25, -0.2) is 4.98 Å². The molecule has 5 nitrogen and oxygen atoms in total. The van der Waals surface area contributed by atoms with E-state index in [2.05, 4.69) is 33.7 Å². The largest absolute Gasteiger partial charge is 0.369 e. The Morgan fingerprint density at radius 3 is 2.46 bits per heavy atom. The summed E-state index contributed by atoms with van der Waals surface area (Å²) in [6.07, 6.45) is 1.50. The third-order valence-corrected chi connectivity index (χ3v) is 5.51. The van der Waals surface area contributed by atoms with E-state index in [9.17, 15) is 4.79 Å². The van der Waals surface area contributed by atoms with Gasteiger partial charge in [-0.3, -0.25) is 4.79 Å². The summed E-state index contributed by atoms with van der Waals surface area (Å²) < 4.78 is 0. The first-order valence-corrected chi connectivity index (χ1v) is 9.03. The smallest absolute Gasteiger partial charge is 0.250 e. The van der Waals surface area contributed by atoms with Crippen LogP contribution in [0.25, 0.3) is 10.9 Å². The number of benzene rings is 2. The second-order valence-electron chi connectivity index (χ2n) is 7.06. The predicted molar refractivity (Wildman–Crippen MR) is 105 cm³/mol.